The molecule has 134 valence electrons. The smallest absolute Gasteiger partial charge is 0.241 e. The van der Waals surface area contributed by atoms with Gasteiger partial charge in [0.15, 0.2) is 0 Å². The molecule has 25 heavy (non-hydrogen) atoms. The van der Waals surface area contributed by atoms with Crippen molar-refractivity contribution in [2.75, 3.05) is 25.4 Å². The topological polar surface area (TPSA) is 76.2 Å². The van der Waals surface area contributed by atoms with Crippen molar-refractivity contribution in [3.63, 3.8) is 0 Å². The lowest BCUT2D eigenvalue weighted by atomic mass is 10.1. The number of aryl methyl sites for hydroxylation is 1. The molecule has 7 heteroatoms. The van der Waals surface area contributed by atoms with E-state index < -0.39 is 0 Å². The normalized spacial score (nSPS) is 16.1. The Kier molecular flexibility index (Phi) is 5.60. The Hall–Kier alpha value is -2.05. The van der Waals surface area contributed by atoms with Crippen LogP contribution in [0.5, 0.6) is 0 Å². The van der Waals surface area contributed by atoms with Gasteiger partial charge < -0.3 is 11.1 Å². The summed E-state index contributed by atoms with van der Waals surface area (Å²) in [7, 11) is 0. The Morgan fingerprint density at radius 3 is 2.60 bits per heavy atom. The van der Waals surface area contributed by atoms with Gasteiger partial charge in [0.05, 0.1) is 11.7 Å². The lowest BCUT2D eigenvalue weighted by molar-refractivity contribution is -0.122. The number of amides is 1. The number of nitrogens with one attached hydrogen (secondary N) is 1. The van der Waals surface area contributed by atoms with E-state index in [1.165, 1.54) is 23.1 Å². The highest BCUT2D eigenvalue weighted by Crippen LogP contribution is 2.25. The first-order chi connectivity index (χ1) is 12.0. The molecule has 1 saturated heterocycles. The minimum absolute atomic E-state index is 0.0899. The van der Waals surface area contributed by atoms with Crippen molar-refractivity contribution >= 4 is 23.3 Å². The number of hydrogen-bond donors (Lipinski definition) is 2. The number of benzene rings is 1. The Labute approximate surface area is 152 Å². The zero-order valence-electron chi connectivity index (χ0n) is 14.4. The maximum atomic E-state index is 12.3. The van der Waals surface area contributed by atoms with E-state index >= 15 is 0 Å². The van der Waals surface area contributed by atoms with E-state index in [9.17, 15) is 4.79 Å². The van der Waals surface area contributed by atoms with Crippen LogP contribution >= 0.6 is 11.6 Å². The van der Waals surface area contributed by atoms with Gasteiger partial charge in [0, 0.05) is 17.6 Å². The highest BCUT2D eigenvalue weighted by atomic mass is 35.5. The number of likely N-dealkylation sites (tertiary alicyclic amines) is 1. The van der Waals surface area contributed by atoms with Crippen molar-refractivity contribution in [2.45, 2.75) is 32.4 Å². The second-order valence-corrected chi connectivity index (χ2v) is 6.92. The number of anilines is 1. The molecule has 0 spiro atoms. The molecule has 1 amide bonds. The van der Waals surface area contributed by atoms with Gasteiger partial charge >= 0.3 is 0 Å². The Balaban J connectivity index is 1.64. The van der Waals surface area contributed by atoms with Crippen LogP contribution in [0.25, 0.3) is 0 Å². The van der Waals surface area contributed by atoms with Crippen LogP contribution < -0.4 is 11.1 Å². The van der Waals surface area contributed by atoms with Crippen molar-refractivity contribution in [2.24, 2.45) is 0 Å². The SMILES string of the molecule is Cc1cc(N)n(CC(=O)NC[C@H](c2ccc(Cl)cc2)N2CCCC2)n1. The lowest BCUT2D eigenvalue weighted by Crippen LogP contribution is -2.38. The first-order valence-electron chi connectivity index (χ1n) is 8.59. The van der Waals surface area contributed by atoms with Crippen LogP contribution in [-0.2, 0) is 11.3 Å². The number of nitrogen functional groups attached to an aromatic ring is 1. The Bertz CT molecular complexity index is 722. The number of carbonyl (C=O) groups is 1. The van der Waals surface area contributed by atoms with Gasteiger partial charge in [-0.2, -0.15) is 5.10 Å². The number of carbonyl (C=O) groups excluding carboxylic acids is 1. The quantitative estimate of drug-likeness (QED) is 0.828. The van der Waals surface area contributed by atoms with Gasteiger partial charge in [0.2, 0.25) is 5.91 Å². The third-order valence-electron chi connectivity index (χ3n) is 4.56. The standard InChI is InChI=1S/C18H24ClN5O/c1-13-10-17(20)24(22-13)12-18(25)21-11-16(23-8-2-3-9-23)14-4-6-15(19)7-5-14/h4-7,10,16H,2-3,8-9,11-12,20H2,1H3,(H,21,25)/t16-/m1/s1. The van der Waals surface area contributed by atoms with Gasteiger partial charge in [-0.05, 0) is 50.6 Å². The molecule has 1 aliphatic rings. The average Bonchev–Trinajstić information content (AvgIpc) is 3.20. The van der Waals surface area contributed by atoms with Gasteiger partial charge in [-0.3, -0.25) is 9.69 Å². The van der Waals surface area contributed by atoms with E-state index in [2.05, 4.69) is 15.3 Å². The average molecular weight is 362 g/mol. The van der Waals surface area contributed by atoms with Crippen LogP contribution in [0.3, 0.4) is 0 Å². The number of hydrogen-bond acceptors (Lipinski definition) is 4. The van der Waals surface area contributed by atoms with Crippen molar-refractivity contribution in [3.8, 4) is 0 Å². The second kappa shape index (κ2) is 7.89. The minimum Gasteiger partial charge on any atom is -0.384 e. The molecule has 1 aromatic carbocycles. The highest BCUT2D eigenvalue weighted by Gasteiger charge is 2.24. The van der Waals surface area contributed by atoms with E-state index in [1.54, 1.807) is 6.07 Å². The van der Waals surface area contributed by atoms with E-state index in [1.807, 2.05) is 31.2 Å². The first-order valence-corrected chi connectivity index (χ1v) is 8.97. The van der Waals surface area contributed by atoms with Crippen LogP contribution in [0.1, 0.15) is 30.1 Å². The van der Waals surface area contributed by atoms with Gasteiger partial charge in [-0.25, -0.2) is 4.68 Å². The predicted octanol–water partition coefficient (Wildman–Crippen LogP) is 2.38. The zero-order chi connectivity index (χ0) is 17.8. The Morgan fingerprint density at radius 1 is 1.32 bits per heavy atom. The van der Waals surface area contributed by atoms with Gasteiger partial charge in [-0.15, -0.1) is 0 Å². The zero-order valence-corrected chi connectivity index (χ0v) is 15.2. The molecule has 6 nitrogen and oxygen atoms in total. The number of rotatable bonds is 6. The molecule has 1 aromatic heterocycles. The molecule has 2 aromatic rings. The summed E-state index contributed by atoms with van der Waals surface area (Å²) in [5.41, 5.74) is 7.82. The van der Waals surface area contributed by atoms with Crippen molar-refractivity contribution < 1.29 is 4.79 Å². The summed E-state index contributed by atoms with van der Waals surface area (Å²) in [6.07, 6.45) is 2.39. The first kappa shape index (κ1) is 17.8. The van der Waals surface area contributed by atoms with Crippen LogP contribution in [0, 0.1) is 6.92 Å². The molecule has 1 fully saturated rings. The summed E-state index contributed by atoms with van der Waals surface area (Å²) in [5.74, 6) is 0.411. The summed E-state index contributed by atoms with van der Waals surface area (Å²) >= 11 is 6.01. The van der Waals surface area contributed by atoms with E-state index in [0.717, 1.165) is 23.8 Å². The molecule has 3 N–H and O–H groups in total. The summed E-state index contributed by atoms with van der Waals surface area (Å²) in [6.45, 7) is 4.64. The van der Waals surface area contributed by atoms with E-state index in [-0.39, 0.29) is 18.5 Å². The van der Waals surface area contributed by atoms with Gasteiger partial charge in [0.1, 0.15) is 12.4 Å². The fourth-order valence-electron chi connectivity index (χ4n) is 3.29. The van der Waals surface area contributed by atoms with E-state index in [4.69, 9.17) is 17.3 Å². The van der Waals surface area contributed by atoms with Crippen molar-refractivity contribution in [3.05, 3.63) is 46.6 Å². The third kappa shape index (κ3) is 4.52. The summed E-state index contributed by atoms with van der Waals surface area (Å²) < 4.78 is 1.53. The third-order valence-corrected chi connectivity index (χ3v) is 4.81. The molecule has 0 bridgehead atoms. The van der Waals surface area contributed by atoms with Crippen molar-refractivity contribution in [1.82, 2.24) is 20.0 Å². The number of aromatic nitrogens is 2. The van der Waals surface area contributed by atoms with Gasteiger partial charge in [0.25, 0.3) is 0 Å². The van der Waals surface area contributed by atoms with E-state index in [0.29, 0.717) is 12.4 Å². The molecule has 0 unspecified atom stereocenters. The molecule has 3 rings (SSSR count). The maximum absolute atomic E-state index is 12.3. The molecular formula is C18H24ClN5O. The maximum Gasteiger partial charge on any atom is 0.241 e. The predicted molar refractivity (Wildman–Crippen MR) is 99.4 cm³/mol. The molecule has 1 aliphatic heterocycles. The fourth-order valence-corrected chi connectivity index (χ4v) is 3.42. The molecular weight excluding hydrogens is 338 g/mol. The summed E-state index contributed by atoms with van der Waals surface area (Å²) in [6, 6.07) is 9.77. The molecule has 2 heterocycles. The fraction of sp³-hybridized carbons (Fsp3) is 0.444. The number of nitrogens with two attached hydrogens (primary N) is 1. The molecule has 0 saturated carbocycles. The van der Waals surface area contributed by atoms with Crippen LogP contribution in [0.2, 0.25) is 5.02 Å². The van der Waals surface area contributed by atoms with Crippen LogP contribution in [-0.4, -0.2) is 40.2 Å². The minimum atomic E-state index is -0.0899. The summed E-state index contributed by atoms with van der Waals surface area (Å²) in [4.78, 5) is 14.7. The molecule has 0 aliphatic carbocycles. The number of halogens is 1. The summed E-state index contributed by atoms with van der Waals surface area (Å²) in [5, 5.41) is 7.98. The van der Waals surface area contributed by atoms with Gasteiger partial charge in [-0.1, -0.05) is 23.7 Å². The lowest BCUT2D eigenvalue weighted by Gasteiger charge is -2.28. The molecule has 1 atom stereocenters. The van der Waals surface area contributed by atoms with Crippen LogP contribution in [0.4, 0.5) is 5.82 Å². The number of nitrogens with zero attached hydrogens (tertiary/aromatic N) is 3. The second-order valence-electron chi connectivity index (χ2n) is 6.48. The Morgan fingerprint density at radius 2 is 2.00 bits per heavy atom. The monoisotopic (exact) mass is 361 g/mol. The highest BCUT2D eigenvalue weighted by molar-refractivity contribution is 6.30. The molecule has 0 radical (unpaired) electrons. The van der Waals surface area contributed by atoms with Crippen molar-refractivity contribution in [1.29, 1.82) is 0 Å². The largest absolute Gasteiger partial charge is 0.384 e. The van der Waals surface area contributed by atoms with Crippen LogP contribution in [0.15, 0.2) is 30.3 Å².